The summed E-state index contributed by atoms with van der Waals surface area (Å²) in [5, 5.41) is 4.40. The number of thiophene rings is 1. The number of nitrogens with zero attached hydrogens (tertiary/aromatic N) is 3. The highest BCUT2D eigenvalue weighted by atomic mass is 32.1. The van der Waals surface area contributed by atoms with Gasteiger partial charge in [0.05, 0.1) is 0 Å². The monoisotopic (exact) mass is 733 g/mol. The molecule has 0 saturated carbocycles. The summed E-state index contributed by atoms with van der Waals surface area (Å²) in [6, 6.07) is 65.7. The van der Waals surface area contributed by atoms with E-state index in [-0.39, 0.29) is 0 Å². The average Bonchev–Trinajstić information content (AvgIpc) is 3.85. The smallest absolute Gasteiger partial charge is 0.164 e. The molecule has 4 nitrogen and oxygen atoms in total. The van der Waals surface area contributed by atoms with Crippen molar-refractivity contribution in [2.24, 2.45) is 0 Å². The number of hydrogen-bond donors (Lipinski definition) is 0. The molecule has 56 heavy (non-hydrogen) atoms. The van der Waals surface area contributed by atoms with Crippen LogP contribution in [0.2, 0.25) is 0 Å². The Hall–Kier alpha value is -7.21. The van der Waals surface area contributed by atoms with Crippen LogP contribution in [0.1, 0.15) is 0 Å². The minimum atomic E-state index is 0.607. The zero-order valence-corrected chi connectivity index (χ0v) is 30.9. The summed E-state index contributed by atoms with van der Waals surface area (Å²) in [5.41, 5.74) is 11.5. The van der Waals surface area contributed by atoms with Gasteiger partial charge in [-0.3, -0.25) is 0 Å². The van der Waals surface area contributed by atoms with Gasteiger partial charge in [-0.05, 0) is 70.3 Å². The molecule has 0 aliphatic heterocycles. The Morgan fingerprint density at radius 1 is 0.321 bits per heavy atom. The highest BCUT2D eigenvalue weighted by Gasteiger charge is 2.22. The van der Waals surface area contributed by atoms with E-state index >= 15 is 0 Å². The van der Waals surface area contributed by atoms with Crippen LogP contribution in [-0.2, 0) is 0 Å². The zero-order chi connectivity index (χ0) is 37.0. The second kappa shape index (κ2) is 13.3. The first-order chi connectivity index (χ1) is 27.7. The first-order valence-corrected chi connectivity index (χ1v) is 19.5. The number of hydrogen-bond acceptors (Lipinski definition) is 5. The summed E-state index contributed by atoms with van der Waals surface area (Å²) < 4.78 is 8.61. The van der Waals surface area contributed by atoms with Crippen LogP contribution in [0.15, 0.2) is 192 Å². The van der Waals surface area contributed by atoms with E-state index in [0.717, 1.165) is 49.6 Å². The molecule has 11 aromatic rings. The number of furan rings is 1. The van der Waals surface area contributed by atoms with Crippen molar-refractivity contribution in [2.75, 3.05) is 0 Å². The molecule has 0 radical (unpaired) electrons. The Labute approximate surface area is 327 Å². The van der Waals surface area contributed by atoms with E-state index in [0.29, 0.717) is 17.5 Å². The number of rotatable bonds is 6. The van der Waals surface area contributed by atoms with Crippen LogP contribution >= 0.6 is 11.3 Å². The van der Waals surface area contributed by atoms with Gasteiger partial charge in [-0.1, -0.05) is 146 Å². The van der Waals surface area contributed by atoms with Gasteiger partial charge >= 0.3 is 0 Å². The lowest BCUT2D eigenvalue weighted by Gasteiger charge is -2.12. The van der Waals surface area contributed by atoms with Crippen LogP contribution in [0.25, 0.3) is 110 Å². The van der Waals surface area contributed by atoms with Gasteiger partial charge in [0.2, 0.25) is 0 Å². The molecule has 0 saturated heterocycles. The lowest BCUT2D eigenvalue weighted by atomic mass is 9.93. The molecule has 0 amide bonds. The highest BCUT2D eigenvalue weighted by Crippen LogP contribution is 2.49. The number of benzene rings is 8. The fraction of sp³-hybridized carbons (Fsp3) is 0. The maximum atomic E-state index is 6.19. The van der Waals surface area contributed by atoms with E-state index in [2.05, 4.69) is 140 Å². The molecule has 5 heteroatoms. The van der Waals surface area contributed by atoms with Crippen molar-refractivity contribution in [1.29, 1.82) is 0 Å². The minimum absolute atomic E-state index is 0.607. The van der Waals surface area contributed by atoms with Gasteiger partial charge < -0.3 is 4.42 Å². The Balaban J connectivity index is 1.23. The van der Waals surface area contributed by atoms with Crippen LogP contribution in [0, 0.1) is 0 Å². The Kier molecular flexibility index (Phi) is 7.64. The Morgan fingerprint density at radius 3 is 1.57 bits per heavy atom. The third-order valence-electron chi connectivity index (χ3n) is 10.5. The molecule has 0 aliphatic carbocycles. The Bertz CT molecular complexity index is 3230. The van der Waals surface area contributed by atoms with Gasteiger partial charge in [0.15, 0.2) is 17.5 Å². The molecular weight excluding hydrogens is 703 g/mol. The van der Waals surface area contributed by atoms with Crippen LogP contribution in [-0.4, -0.2) is 15.0 Å². The lowest BCUT2D eigenvalue weighted by Crippen LogP contribution is -2.00. The van der Waals surface area contributed by atoms with Gasteiger partial charge in [0, 0.05) is 53.2 Å². The maximum Gasteiger partial charge on any atom is 0.164 e. The van der Waals surface area contributed by atoms with E-state index in [1.54, 1.807) is 0 Å². The van der Waals surface area contributed by atoms with E-state index in [4.69, 9.17) is 19.4 Å². The summed E-state index contributed by atoms with van der Waals surface area (Å²) >= 11 is 1.84. The number of fused-ring (bicyclic) bond motifs is 6. The molecule has 0 bridgehead atoms. The topological polar surface area (TPSA) is 51.8 Å². The third-order valence-corrected chi connectivity index (χ3v) is 11.8. The third kappa shape index (κ3) is 5.48. The molecule has 11 rings (SSSR count). The van der Waals surface area contributed by atoms with E-state index in [1.165, 1.54) is 42.6 Å². The fourth-order valence-electron chi connectivity index (χ4n) is 7.85. The van der Waals surface area contributed by atoms with Gasteiger partial charge in [-0.2, -0.15) is 0 Å². The van der Waals surface area contributed by atoms with Crippen molar-refractivity contribution in [3.8, 4) is 67.5 Å². The summed E-state index contributed by atoms with van der Waals surface area (Å²) in [6.07, 6.45) is 0. The second-order valence-electron chi connectivity index (χ2n) is 13.9. The zero-order valence-electron chi connectivity index (χ0n) is 30.1. The summed E-state index contributed by atoms with van der Waals surface area (Å²) in [6.45, 7) is 0. The minimum Gasteiger partial charge on any atom is -0.456 e. The summed E-state index contributed by atoms with van der Waals surface area (Å²) in [7, 11) is 0. The highest BCUT2D eigenvalue weighted by molar-refractivity contribution is 7.27. The summed E-state index contributed by atoms with van der Waals surface area (Å²) in [5.74, 6) is 1.86. The van der Waals surface area contributed by atoms with Crippen LogP contribution in [0.4, 0.5) is 0 Å². The van der Waals surface area contributed by atoms with E-state index in [9.17, 15) is 0 Å². The quantitative estimate of drug-likeness (QED) is 0.171. The van der Waals surface area contributed by atoms with Crippen molar-refractivity contribution < 1.29 is 4.42 Å². The van der Waals surface area contributed by atoms with Crippen molar-refractivity contribution in [3.05, 3.63) is 188 Å². The molecule has 8 aromatic carbocycles. The SMILES string of the molecule is c1ccc(-c2cc(-c3ccccc3)c3sc4c(-c5ccccc5)ccc(-c5nc(-c6ccccc6)nc(-c6ccc7oc8ccccc8c7c6)n5)c4c3c2)cc1. The molecule has 0 aliphatic rings. The molecule has 262 valence electrons. The lowest BCUT2D eigenvalue weighted by molar-refractivity contribution is 0.669. The van der Waals surface area contributed by atoms with Crippen LogP contribution in [0.3, 0.4) is 0 Å². The first-order valence-electron chi connectivity index (χ1n) is 18.7. The predicted octanol–water partition coefficient (Wildman–Crippen LogP) is 14.1. The first kappa shape index (κ1) is 32.2. The molecule has 0 fully saturated rings. The second-order valence-corrected chi connectivity index (χ2v) is 15.0. The maximum absolute atomic E-state index is 6.19. The fourth-order valence-corrected chi connectivity index (χ4v) is 9.23. The van der Waals surface area contributed by atoms with E-state index in [1.807, 2.05) is 59.9 Å². The van der Waals surface area contributed by atoms with Crippen molar-refractivity contribution in [3.63, 3.8) is 0 Å². The molecule has 3 aromatic heterocycles. The number of para-hydroxylation sites is 1. The molecule has 0 unspecified atom stereocenters. The van der Waals surface area contributed by atoms with Crippen LogP contribution < -0.4 is 0 Å². The van der Waals surface area contributed by atoms with Gasteiger partial charge in [-0.15, -0.1) is 11.3 Å². The Morgan fingerprint density at radius 2 is 0.857 bits per heavy atom. The molecule has 0 atom stereocenters. The molecule has 0 N–H and O–H groups in total. The van der Waals surface area contributed by atoms with Gasteiger partial charge in [0.25, 0.3) is 0 Å². The normalized spacial score (nSPS) is 11.6. The van der Waals surface area contributed by atoms with Crippen molar-refractivity contribution in [2.45, 2.75) is 0 Å². The van der Waals surface area contributed by atoms with Crippen molar-refractivity contribution in [1.82, 2.24) is 15.0 Å². The molecule has 3 heterocycles. The van der Waals surface area contributed by atoms with E-state index < -0.39 is 0 Å². The standard InChI is InChI=1S/C51H31N3OS/c1-5-15-32(16-6-1)37-30-41(34-19-9-3-10-20-34)47-43(31-37)46-40(27-26-38(48(46)56-47)33-17-7-2-8-18-33)51-53-49(35-21-11-4-12-22-35)52-50(54-51)36-25-28-45-42(29-36)39-23-13-14-24-44(39)55-45/h1-31H. The van der Waals surface area contributed by atoms with Crippen molar-refractivity contribution >= 4 is 53.4 Å². The average molecular weight is 734 g/mol. The largest absolute Gasteiger partial charge is 0.456 e. The molecule has 0 spiro atoms. The number of aromatic nitrogens is 3. The predicted molar refractivity (Wildman–Crippen MR) is 233 cm³/mol. The van der Waals surface area contributed by atoms with Gasteiger partial charge in [-0.25, -0.2) is 15.0 Å². The summed E-state index contributed by atoms with van der Waals surface area (Å²) in [4.78, 5) is 15.7. The van der Waals surface area contributed by atoms with Gasteiger partial charge in [0.1, 0.15) is 11.2 Å². The molecular formula is C51H31N3OS. The van der Waals surface area contributed by atoms with Crippen LogP contribution in [0.5, 0.6) is 0 Å².